The molecule has 1 fully saturated rings. The summed E-state index contributed by atoms with van der Waals surface area (Å²) in [6, 6.07) is 2.89. The minimum absolute atomic E-state index is 0.678. The van der Waals surface area contributed by atoms with Gasteiger partial charge in [0.05, 0.1) is 11.4 Å². The monoisotopic (exact) mass is 278 g/mol. The molecule has 0 amide bonds. The lowest BCUT2D eigenvalue weighted by atomic mass is 10.0. The van der Waals surface area contributed by atoms with Crippen molar-refractivity contribution in [2.45, 2.75) is 52.6 Å². The van der Waals surface area contributed by atoms with Crippen molar-refractivity contribution in [2.24, 2.45) is 13.0 Å². The van der Waals surface area contributed by atoms with Crippen LogP contribution in [-0.4, -0.2) is 40.4 Å². The van der Waals surface area contributed by atoms with Crippen molar-refractivity contribution in [1.29, 1.82) is 0 Å². The van der Waals surface area contributed by atoms with Crippen LogP contribution >= 0.6 is 0 Å². The van der Waals surface area contributed by atoms with E-state index in [4.69, 9.17) is 0 Å². The molecule has 1 aromatic rings. The van der Waals surface area contributed by atoms with E-state index in [2.05, 4.69) is 49.2 Å². The molecule has 0 spiro atoms. The largest absolute Gasteiger partial charge is 0.315 e. The molecule has 1 unspecified atom stereocenters. The van der Waals surface area contributed by atoms with E-state index < -0.39 is 0 Å². The standard InChI is InChI=1S/C16H30N4/c1-13(2)10-17-11-15-7-5-6-8-20(15)12-16-9-14(3)18-19(16)4/h9,13,15,17H,5-8,10-12H2,1-4H3. The van der Waals surface area contributed by atoms with Crippen molar-refractivity contribution in [1.82, 2.24) is 20.0 Å². The zero-order chi connectivity index (χ0) is 14.5. The highest BCUT2D eigenvalue weighted by Gasteiger charge is 2.23. The lowest BCUT2D eigenvalue weighted by molar-refractivity contribution is 0.133. The lowest BCUT2D eigenvalue weighted by Gasteiger charge is -2.36. The lowest BCUT2D eigenvalue weighted by Crippen LogP contribution is -2.45. The van der Waals surface area contributed by atoms with Gasteiger partial charge in [0.1, 0.15) is 0 Å². The van der Waals surface area contributed by atoms with Crippen molar-refractivity contribution >= 4 is 0 Å². The van der Waals surface area contributed by atoms with E-state index in [-0.39, 0.29) is 0 Å². The maximum atomic E-state index is 4.46. The first-order valence-corrected chi connectivity index (χ1v) is 8.00. The van der Waals surface area contributed by atoms with Crippen LogP contribution in [0.4, 0.5) is 0 Å². The summed E-state index contributed by atoms with van der Waals surface area (Å²) in [6.07, 6.45) is 4.02. The summed E-state index contributed by atoms with van der Waals surface area (Å²) in [7, 11) is 2.05. The van der Waals surface area contributed by atoms with Crippen LogP contribution in [0.1, 0.15) is 44.5 Å². The maximum absolute atomic E-state index is 4.46. The molecule has 2 rings (SSSR count). The quantitative estimate of drug-likeness (QED) is 0.867. The van der Waals surface area contributed by atoms with Gasteiger partial charge in [0.2, 0.25) is 0 Å². The Morgan fingerprint density at radius 3 is 2.85 bits per heavy atom. The van der Waals surface area contributed by atoms with Crippen molar-refractivity contribution in [3.05, 3.63) is 17.5 Å². The molecule has 1 N–H and O–H groups in total. The third-order valence-electron chi connectivity index (χ3n) is 4.15. The fourth-order valence-electron chi connectivity index (χ4n) is 3.06. The van der Waals surface area contributed by atoms with Crippen LogP contribution in [0.15, 0.2) is 6.07 Å². The fourth-order valence-corrected chi connectivity index (χ4v) is 3.06. The number of rotatable bonds is 6. The van der Waals surface area contributed by atoms with Crippen molar-refractivity contribution < 1.29 is 0 Å². The Balaban J connectivity index is 1.91. The van der Waals surface area contributed by atoms with Crippen molar-refractivity contribution in [2.75, 3.05) is 19.6 Å². The SMILES string of the molecule is Cc1cc(CN2CCCCC2CNCC(C)C)n(C)n1. The minimum Gasteiger partial charge on any atom is -0.315 e. The summed E-state index contributed by atoms with van der Waals surface area (Å²) in [5, 5.41) is 8.09. The third kappa shape index (κ3) is 4.32. The number of aromatic nitrogens is 2. The molecule has 4 heteroatoms. The predicted octanol–water partition coefficient (Wildman–Crippen LogP) is 2.33. The fraction of sp³-hybridized carbons (Fsp3) is 0.812. The number of nitrogens with one attached hydrogen (secondary N) is 1. The van der Waals surface area contributed by atoms with E-state index >= 15 is 0 Å². The number of likely N-dealkylation sites (tertiary alicyclic amines) is 1. The van der Waals surface area contributed by atoms with E-state index in [1.807, 2.05) is 4.68 Å². The van der Waals surface area contributed by atoms with E-state index in [1.165, 1.54) is 31.5 Å². The molecule has 1 saturated heterocycles. The summed E-state index contributed by atoms with van der Waals surface area (Å²) < 4.78 is 2.03. The third-order valence-corrected chi connectivity index (χ3v) is 4.15. The number of piperidine rings is 1. The van der Waals surface area contributed by atoms with Crippen LogP contribution in [0, 0.1) is 12.8 Å². The molecule has 1 atom stereocenters. The van der Waals surface area contributed by atoms with Crippen molar-refractivity contribution in [3.8, 4) is 0 Å². The number of nitrogens with zero attached hydrogens (tertiary/aromatic N) is 3. The highest BCUT2D eigenvalue weighted by molar-refractivity contribution is 5.08. The Morgan fingerprint density at radius 2 is 2.20 bits per heavy atom. The molecular formula is C16H30N4. The van der Waals surface area contributed by atoms with Crippen LogP contribution in [0.3, 0.4) is 0 Å². The molecule has 0 aromatic carbocycles. The van der Waals surface area contributed by atoms with Crippen molar-refractivity contribution in [3.63, 3.8) is 0 Å². The number of hydrogen-bond donors (Lipinski definition) is 1. The van der Waals surface area contributed by atoms with Crippen LogP contribution in [-0.2, 0) is 13.6 Å². The molecule has 1 aliphatic rings. The van der Waals surface area contributed by atoms with Gasteiger partial charge in [0.25, 0.3) is 0 Å². The first-order chi connectivity index (χ1) is 9.56. The van der Waals surface area contributed by atoms with E-state index in [0.717, 1.165) is 31.2 Å². The van der Waals surface area contributed by atoms with Gasteiger partial charge in [0, 0.05) is 26.2 Å². The second kappa shape index (κ2) is 7.23. The molecule has 114 valence electrons. The molecule has 4 nitrogen and oxygen atoms in total. The first kappa shape index (κ1) is 15.5. The topological polar surface area (TPSA) is 33.1 Å². The van der Waals surface area contributed by atoms with E-state index in [1.54, 1.807) is 0 Å². The van der Waals surface area contributed by atoms with Gasteiger partial charge in [-0.2, -0.15) is 5.10 Å². The van der Waals surface area contributed by atoms with Crippen LogP contribution in [0.2, 0.25) is 0 Å². The molecule has 0 radical (unpaired) electrons. The molecule has 0 bridgehead atoms. The van der Waals surface area contributed by atoms with Gasteiger partial charge in [-0.1, -0.05) is 20.3 Å². The Hall–Kier alpha value is -0.870. The van der Waals surface area contributed by atoms with E-state index in [0.29, 0.717) is 6.04 Å². The van der Waals surface area contributed by atoms with Gasteiger partial charge in [-0.25, -0.2) is 0 Å². The number of aryl methyl sites for hydroxylation is 2. The van der Waals surface area contributed by atoms with Gasteiger partial charge in [-0.05, 0) is 44.8 Å². The highest BCUT2D eigenvalue weighted by Crippen LogP contribution is 2.19. The van der Waals surface area contributed by atoms with Gasteiger partial charge in [-0.3, -0.25) is 9.58 Å². The van der Waals surface area contributed by atoms with Gasteiger partial charge < -0.3 is 5.32 Å². The smallest absolute Gasteiger partial charge is 0.0597 e. The zero-order valence-corrected chi connectivity index (χ0v) is 13.5. The minimum atomic E-state index is 0.678. The predicted molar refractivity (Wildman–Crippen MR) is 83.7 cm³/mol. The summed E-state index contributed by atoms with van der Waals surface area (Å²) in [5.41, 5.74) is 2.45. The molecule has 0 saturated carbocycles. The second-order valence-electron chi connectivity index (χ2n) is 6.57. The zero-order valence-electron chi connectivity index (χ0n) is 13.5. The maximum Gasteiger partial charge on any atom is 0.0597 e. The van der Waals surface area contributed by atoms with Crippen LogP contribution < -0.4 is 5.32 Å². The number of hydrogen-bond acceptors (Lipinski definition) is 3. The molecule has 1 aromatic heterocycles. The molecule has 20 heavy (non-hydrogen) atoms. The first-order valence-electron chi connectivity index (χ1n) is 8.00. The van der Waals surface area contributed by atoms with E-state index in [9.17, 15) is 0 Å². The van der Waals surface area contributed by atoms with Crippen LogP contribution in [0.5, 0.6) is 0 Å². The average Bonchev–Trinajstić information content (AvgIpc) is 2.69. The van der Waals surface area contributed by atoms with Gasteiger partial charge in [0.15, 0.2) is 0 Å². The summed E-state index contributed by atoms with van der Waals surface area (Å²) >= 11 is 0. The summed E-state index contributed by atoms with van der Waals surface area (Å²) in [6.45, 7) is 11.1. The Labute approximate surface area is 123 Å². The highest BCUT2D eigenvalue weighted by atomic mass is 15.3. The normalized spacial score (nSPS) is 20.8. The molecule has 1 aliphatic heterocycles. The summed E-state index contributed by atoms with van der Waals surface area (Å²) in [4.78, 5) is 2.63. The van der Waals surface area contributed by atoms with Gasteiger partial charge in [-0.15, -0.1) is 0 Å². The van der Waals surface area contributed by atoms with Gasteiger partial charge >= 0.3 is 0 Å². The molecular weight excluding hydrogens is 248 g/mol. The second-order valence-corrected chi connectivity index (χ2v) is 6.57. The Morgan fingerprint density at radius 1 is 1.40 bits per heavy atom. The molecule has 2 heterocycles. The Kier molecular flexibility index (Phi) is 5.61. The average molecular weight is 278 g/mol. The Bertz CT molecular complexity index is 411. The van der Waals surface area contributed by atoms with Crippen LogP contribution in [0.25, 0.3) is 0 Å². The summed E-state index contributed by atoms with van der Waals surface area (Å²) in [5.74, 6) is 0.728. The molecule has 0 aliphatic carbocycles.